The standard InChI is InChI=1S/C13H15F5N2O5S2/c14-12(15,26(22,23)20-27(24,25)13(16,17)18)9(21)19-11-3-6-1-7-4-10(11,2-6)8(7)5-11/h6-8,20H,1-5H2,(H,19,21)/t6?,7?,8?,10?,11-/m1/s1. The molecule has 0 heterocycles. The van der Waals surface area contributed by atoms with E-state index in [1.807, 2.05) is 0 Å². The molecule has 5 fully saturated rings. The van der Waals surface area contributed by atoms with E-state index in [0.29, 0.717) is 18.8 Å². The summed E-state index contributed by atoms with van der Waals surface area (Å²) in [5.41, 5.74) is -7.47. The maximum atomic E-state index is 14.1. The predicted molar refractivity (Wildman–Crippen MR) is 78.8 cm³/mol. The van der Waals surface area contributed by atoms with Gasteiger partial charge in [0, 0.05) is 5.54 Å². The molecule has 0 saturated heterocycles. The number of nitrogens with one attached hydrogen (secondary N) is 2. The van der Waals surface area contributed by atoms with Crippen LogP contribution < -0.4 is 9.44 Å². The Labute approximate surface area is 151 Å². The Bertz CT molecular complexity index is 933. The van der Waals surface area contributed by atoms with Crippen molar-refractivity contribution in [2.45, 2.75) is 48.4 Å². The van der Waals surface area contributed by atoms with Crippen LogP contribution >= 0.6 is 0 Å². The summed E-state index contributed by atoms with van der Waals surface area (Å²) in [6.07, 6.45) is 3.24. The normalized spacial score (nSPS) is 40.1. The zero-order valence-corrected chi connectivity index (χ0v) is 15.1. The minimum Gasteiger partial charge on any atom is -0.344 e. The molecule has 0 aromatic carbocycles. The maximum absolute atomic E-state index is 14.1. The molecule has 0 aromatic heterocycles. The van der Waals surface area contributed by atoms with Crippen LogP contribution in [-0.4, -0.2) is 39.0 Å². The van der Waals surface area contributed by atoms with Gasteiger partial charge >= 0.3 is 36.7 Å². The molecule has 5 aliphatic carbocycles. The van der Waals surface area contributed by atoms with Crippen LogP contribution in [0.4, 0.5) is 22.0 Å². The molecule has 0 aromatic rings. The minimum absolute atomic E-state index is 0.0817. The molecule has 0 radical (unpaired) electrons. The average molecular weight is 438 g/mol. The maximum Gasteiger partial charge on any atom is 0.512 e. The molecule has 7 nitrogen and oxygen atoms in total. The summed E-state index contributed by atoms with van der Waals surface area (Å²) in [4.78, 5) is 12.0. The molecule has 1 amide bonds. The molecule has 4 unspecified atom stereocenters. The van der Waals surface area contributed by atoms with E-state index >= 15 is 0 Å². The number of carbonyl (C=O) groups excluding carboxylic acids is 1. The Hall–Kier alpha value is -1.02. The number of rotatable bonds is 5. The van der Waals surface area contributed by atoms with Gasteiger partial charge in [-0.3, -0.25) is 4.79 Å². The van der Waals surface area contributed by atoms with Gasteiger partial charge in [-0.2, -0.15) is 22.0 Å². The fourth-order valence-electron chi connectivity index (χ4n) is 5.93. The topological polar surface area (TPSA) is 109 Å². The van der Waals surface area contributed by atoms with E-state index in [0.717, 1.165) is 19.3 Å². The van der Waals surface area contributed by atoms with Gasteiger partial charge in [0.15, 0.2) is 0 Å². The van der Waals surface area contributed by atoms with Gasteiger partial charge in [0.25, 0.3) is 0 Å². The molecule has 27 heavy (non-hydrogen) atoms. The van der Waals surface area contributed by atoms with E-state index in [2.05, 4.69) is 5.32 Å². The Balaban J connectivity index is 1.55. The van der Waals surface area contributed by atoms with Gasteiger partial charge < -0.3 is 5.32 Å². The van der Waals surface area contributed by atoms with Crippen molar-refractivity contribution in [1.82, 2.24) is 9.44 Å². The van der Waals surface area contributed by atoms with Crippen LogP contribution in [0, 0.1) is 23.2 Å². The van der Waals surface area contributed by atoms with E-state index < -0.39 is 42.3 Å². The third kappa shape index (κ3) is 2.23. The molecule has 0 aliphatic heterocycles. The summed E-state index contributed by atoms with van der Waals surface area (Å²) in [5.74, 6) is -1.32. The highest BCUT2D eigenvalue weighted by Crippen LogP contribution is 2.81. The summed E-state index contributed by atoms with van der Waals surface area (Å²) in [5, 5.41) is -3.33. The van der Waals surface area contributed by atoms with Gasteiger partial charge in [-0.25, -0.2) is 16.8 Å². The molecule has 5 aliphatic rings. The lowest BCUT2D eigenvalue weighted by atomic mass is 9.34. The predicted octanol–water partition coefficient (Wildman–Crippen LogP) is 1.04. The number of sulfonamides is 2. The van der Waals surface area contributed by atoms with Crippen molar-refractivity contribution in [2.24, 2.45) is 23.2 Å². The Kier molecular flexibility index (Phi) is 3.52. The fourth-order valence-corrected chi connectivity index (χ4v) is 8.18. The van der Waals surface area contributed by atoms with E-state index in [1.54, 1.807) is 0 Å². The number of hydrogen-bond acceptors (Lipinski definition) is 5. The molecule has 154 valence electrons. The Morgan fingerprint density at radius 2 is 1.56 bits per heavy atom. The first-order chi connectivity index (χ1) is 12.1. The van der Waals surface area contributed by atoms with Crippen LogP contribution in [0.2, 0.25) is 0 Å². The SMILES string of the molecule is O=C(N[C@@]12CC3CC4CC1(C3)C4C2)C(F)(F)S(=O)(=O)NS(=O)(=O)C(F)(F)F. The van der Waals surface area contributed by atoms with Crippen LogP contribution in [0.5, 0.6) is 0 Å². The second-order valence-corrected chi connectivity index (χ2v) is 11.7. The van der Waals surface area contributed by atoms with Crippen molar-refractivity contribution in [3.63, 3.8) is 0 Å². The van der Waals surface area contributed by atoms with Gasteiger partial charge in [0.2, 0.25) is 0 Å². The number of carbonyl (C=O) groups is 1. The zero-order chi connectivity index (χ0) is 20.3. The second-order valence-electron chi connectivity index (χ2n) is 8.03. The first-order valence-electron chi connectivity index (χ1n) is 8.12. The minimum atomic E-state index is -6.62. The third-order valence-electron chi connectivity index (χ3n) is 6.83. The summed E-state index contributed by atoms with van der Waals surface area (Å²) in [6, 6.07) is 0. The second kappa shape index (κ2) is 4.93. The van der Waals surface area contributed by atoms with Crippen molar-refractivity contribution in [3.05, 3.63) is 0 Å². The Morgan fingerprint density at radius 1 is 0.926 bits per heavy atom. The average Bonchev–Trinajstić information content (AvgIpc) is 2.58. The number of amides is 1. The van der Waals surface area contributed by atoms with Crippen LogP contribution in [-0.2, 0) is 24.8 Å². The van der Waals surface area contributed by atoms with Gasteiger partial charge in [-0.15, -0.1) is 0 Å². The monoisotopic (exact) mass is 438 g/mol. The summed E-state index contributed by atoms with van der Waals surface area (Å²) in [7, 11) is -13.1. The van der Waals surface area contributed by atoms with Gasteiger partial charge in [0.1, 0.15) is 0 Å². The van der Waals surface area contributed by atoms with E-state index in [9.17, 15) is 43.6 Å². The Morgan fingerprint density at radius 3 is 2.11 bits per heavy atom. The van der Waals surface area contributed by atoms with E-state index in [1.165, 1.54) is 0 Å². The zero-order valence-electron chi connectivity index (χ0n) is 13.5. The van der Waals surface area contributed by atoms with Crippen molar-refractivity contribution in [1.29, 1.82) is 0 Å². The molecular formula is C13H15F5N2O5S2. The summed E-state index contributed by atoms with van der Waals surface area (Å²) in [6.45, 7) is 0. The highest BCUT2D eigenvalue weighted by molar-refractivity contribution is 8.05. The molecule has 5 saturated carbocycles. The van der Waals surface area contributed by atoms with Gasteiger partial charge in [-0.05, 0) is 55.3 Å². The number of hydrogen-bond donors (Lipinski definition) is 2. The van der Waals surface area contributed by atoms with Crippen molar-refractivity contribution in [3.8, 4) is 0 Å². The largest absolute Gasteiger partial charge is 0.512 e. The van der Waals surface area contributed by atoms with E-state index in [-0.39, 0.29) is 21.4 Å². The van der Waals surface area contributed by atoms with Gasteiger partial charge in [0.05, 0.1) is 0 Å². The molecule has 14 heteroatoms. The summed E-state index contributed by atoms with van der Waals surface area (Å²) < 4.78 is 110. The van der Waals surface area contributed by atoms with Crippen LogP contribution in [0.1, 0.15) is 32.1 Å². The smallest absolute Gasteiger partial charge is 0.344 e. The van der Waals surface area contributed by atoms with E-state index in [4.69, 9.17) is 0 Å². The highest BCUT2D eigenvalue weighted by atomic mass is 32.3. The molecule has 1 spiro atoms. The first kappa shape index (κ1) is 19.3. The lowest BCUT2D eigenvalue weighted by molar-refractivity contribution is -0.215. The molecule has 5 rings (SSSR count). The van der Waals surface area contributed by atoms with Crippen LogP contribution in [0.3, 0.4) is 0 Å². The van der Waals surface area contributed by atoms with Gasteiger partial charge in [-0.1, -0.05) is 4.13 Å². The van der Waals surface area contributed by atoms with Crippen molar-refractivity contribution >= 4 is 26.0 Å². The number of halogens is 5. The molecular weight excluding hydrogens is 423 g/mol. The van der Waals surface area contributed by atoms with Crippen molar-refractivity contribution < 1.29 is 43.6 Å². The third-order valence-corrected chi connectivity index (χ3v) is 10.1. The van der Waals surface area contributed by atoms with Crippen molar-refractivity contribution in [2.75, 3.05) is 0 Å². The lowest BCUT2D eigenvalue weighted by Crippen LogP contribution is -2.77. The number of alkyl halides is 5. The lowest BCUT2D eigenvalue weighted by Gasteiger charge is -2.73. The molecule has 3 bridgehead atoms. The molecule has 5 atom stereocenters. The fraction of sp³-hybridized carbons (Fsp3) is 0.923. The first-order valence-corrected chi connectivity index (χ1v) is 11.1. The van der Waals surface area contributed by atoms with Crippen LogP contribution in [0.15, 0.2) is 0 Å². The quantitative estimate of drug-likeness (QED) is 0.624. The van der Waals surface area contributed by atoms with Crippen LogP contribution in [0.25, 0.3) is 0 Å². The molecule has 2 N–H and O–H groups in total. The summed E-state index contributed by atoms with van der Waals surface area (Å²) >= 11 is 0. The highest BCUT2D eigenvalue weighted by Gasteiger charge is 2.80.